The minimum absolute atomic E-state index is 0.823. The lowest BCUT2D eigenvalue weighted by Gasteiger charge is -2.22. The molecule has 0 amide bonds. The molecule has 9 rings (SSSR count). The van der Waals surface area contributed by atoms with Gasteiger partial charge in [-0.1, -0.05) is 6.92 Å². The van der Waals surface area contributed by atoms with E-state index in [2.05, 4.69) is 162 Å². The van der Waals surface area contributed by atoms with Crippen LogP contribution in [0.15, 0.2) is 123 Å². The predicted octanol–water partition coefficient (Wildman–Crippen LogP) is 4.32. The first-order chi connectivity index (χ1) is 25.7. The fourth-order valence-corrected chi connectivity index (χ4v) is 6.52. The van der Waals surface area contributed by atoms with Gasteiger partial charge in [-0.3, -0.25) is 0 Å². The molecule has 0 aliphatic carbocycles. The number of aromatic amines is 4. The van der Waals surface area contributed by atoms with Gasteiger partial charge in [0.1, 0.15) is 57.5 Å². The highest BCUT2D eigenvalue weighted by Crippen LogP contribution is 2.10. The highest BCUT2D eigenvalue weighted by Gasteiger charge is 2.13. The highest BCUT2D eigenvalue weighted by molar-refractivity contribution is 5.16. The third kappa shape index (κ3) is 10.3. The molecule has 0 unspecified atom stereocenters. The molecule has 13 nitrogen and oxygen atoms in total. The van der Waals surface area contributed by atoms with Crippen molar-refractivity contribution >= 4 is 0 Å². The number of quaternary nitrogens is 1. The number of hydrogen-bond donors (Lipinski definition) is 4. The van der Waals surface area contributed by atoms with Crippen molar-refractivity contribution in [2.24, 2.45) is 0 Å². The molecule has 0 radical (unpaired) electrons. The molecule has 0 spiro atoms. The summed E-state index contributed by atoms with van der Waals surface area (Å²) in [6.07, 6.45) is 25.0. The van der Waals surface area contributed by atoms with Crippen LogP contribution in [0.4, 0.5) is 0 Å². The van der Waals surface area contributed by atoms with E-state index in [9.17, 15) is 0 Å². The monoisotopic (exact) mass is 714 g/mol. The van der Waals surface area contributed by atoms with Crippen LogP contribution in [0.5, 0.6) is 0 Å². The zero-order valence-corrected chi connectivity index (χ0v) is 31.2. The fraction of sp³-hybridized carbons (Fsp3) is 0.300. The standard InChI is InChI=1S/C18H20N6.C12H13N5.C10H19N2/c1-2-16-10-22-7-8-24(14-22)12-18-4-3-17(20-18)11-23-6-5-21(13-23)9-15(1)19-16;1-2-12(8-17-6-4-14-10-17)15-11(1)7-16-5-3-13-9-16;1-5-9-6-7-10(11-9)8-12(2,3)4/h1-8,13-14,19-20H,9-12H2;1-6,9-10,15H,7-8H2;6-7,11H,5,8H2,1-4H3/q+2;;+1. The summed E-state index contributed by atoms with van der Waals surface area (Å²) >= 11 is 0. The maximum atomic E-state index is 4.02. The van der Waals surface area contributed by atoms with E-state index in [4.69, 9.17) is 0 Å². The number of nitrogens with one attached hydrogen (secondary N) is 4. The first-order valence-electron chi connectivity index (χ1n) is 18.2. The number of aromatic nitrogens is 12. The molecular formula is C40H52N13+3. The van der Waals surface area contributed by atoms with Gasteiger partial charge in [0, 0.05) is 41.9 Å². The summed E-state index contributed by atoms with van der Waals surface area (Å²) in [7, 11) is 6.60. The molecule has 4 N–H and O–H groups in total. The van der Waals surface area contributed by atoms with Crippen molar-refractivity contribution in [3.8, 4) is 0 Å². The minimum atomic E-state index is 0.823. The van der Waals surface area contributed by atoms with Crippen LogP contribution in [0, 0.1) is 0 Å². The summed E-state index contributed by atoms with van der Waals surface area (Å²) in [5.41, 5.74) is 9.92. The van der Waals surface area contributed by atoms with Crippen LogP contribution in [-0.2, 0) is 52.2 Å². The molecule has 0 aromatic carbocycles. The van der Waals surface area contributed by atoms with Gasteiger partial charge >= 0.3 is 0 Å². The summed E-state index contributed by atoms with van der Waals surface area (Å²) < 4.78 is 13.9. The first-order valence-corrected chi connectivity index (χ1v) is 18.2. The number of nitrogens with zero attached hydrogens (tertiary/aromatic N) is 9. The highest BCUT2D eigenvalue weighted by atomic mass is 15.3. The molecule has 1 aliphatic heterocycles. The summed E-state index contributed by atoms with van der Waals surface area (Å²) in [4.78, 5) is 21.9. The van der Waals surface area contributed by atoms with Gasteiger partial charge in [-0.2, -0.15) is 0 Å². The van der Waals surface area contributed by atoms with E-state index in [1.54, 1.807) is 12.4 Å². The zero-order valence-electron chi connectivity index (χ0n) is 31.2. The van der Waals surface area contributed by atoms with Crippen LogP contribution in [0.25, 0.3) is 0 Å². The number of fused-ring (bicyclic) bond motifs is 8. The van der Waals surface area contributed by atoms with Crippen molar-refractivity contribution in [1.29, 1.82) is 0 Å². The molecule has 8 aromatic heterocycles. The van der Waals surface area contributed by atoms with Crippen LogP contribution in [-0.4, -0.2) is 73.8 Å². The normalized spacial score (nSPS) is 12.5. The molecule has 0 saturated heterocycles. The molecule has 9 heterocycles. The molecule has 274 valence electrons. The van der Waals surface area contributed by atoms with E-state index < -0.39 is 0 Å². The van der Waals surface area contributed by atoms with Gasteiger partial charge in [0.25, 0.3) is 0 Å². The topological polar surface area (TPSA) is 116 Å². The third-order valence-corrected chi connectivity index (χ3v) is 8.98. The van der Waals surface area contributed by atoms with Crippen LogP contribution in [0.2, 0.25) is 0 Å². The van der Waals surface area contributed by atoms with Gasteiger partial charge in [-0.05, 0) is 55.0 Å². The van der Waals surface area contributed by atoms with Gasteiger partial charge in [-0.25, -0.2) is 28.2 Å². The SMILES string of the molecule is CCc1ccc(C[N+](C)(C)C)[nH]1.c1cc2[nH]c1Cn1cc[n+](c1)Cc1ccc([nH]1)C[n+]1ccn(c1)C2.c1cn(Cc2ccc(Cn3ccnc3)[nH]2)cn1. The van der Waals surface area contributed by atoms with Crippen molar-refractivity contribution in [2.75, 3.05) is 21.1 Å². The Kier molecular flexibility index (Phi) is 10.7. The van der Waals surface area contributed by atoms with Crippen molar-refractivity contribution < 1.29 is 13.6 Å². The van der Waals surface area contributed by atoms with Crippen LogP contribution < -0.4 is 9.13 Å². The summed E-state index contributed by atoms with van der Waals surface area (Å²) in [6, 6.07) is 17.3. The van der Waals surface area contributed by atoms with E-state index in [1.165, 1.54) is 45.6 Å². The van der Waals surface area contributed by atoms with Crippen molar-refractivity contribution in [3.05, 3.63) is 169 Å². The smallest absolute Gasteiger partial charge is 0.244 e. The average molecular weight is 715 g/mol. The number of H-pyrrole nitrogens is 4. The minimum Gasteiger partial charge on any atom is -0.359 e. The zero-order chi connectivity index (χ0) is 36.6. The van der Waals surface area contributed by atoms with Gasteiger partial charge in [0.15, 0.2) is 0 Å². The Balaban J connectivity index is 0.000000132. The second-order valence-electron chi connectivity index (χ2n) is 14.8. The van der Waals surface area contributed by atoms with Crippen molar-refractivity contribution in [3.63, 3.8) is 0 Å². The number of imidazole rings is 4. The summed E-state index contributed by atoms with van der Waals surface area (Å²) in [6.45, 7) is 8.31. The number of rotatable bonds is 7. The maximum Gasteiger partial charge on any atom is 0.244 e. The molecule has 1 aliphatic rings. The number of hydrogen-bond acceptors (Lipinski definition) is 2. The summed E-state index contributed by atoms with van der Waals surface area (Å²) in [5.74, 6) is 0. The lowest BCUT2D eigenvalue weighted by atomic mass is 10.3. The number of aryl methyl sites for hydroxylation is 1. The average Bonchev–Trinajstić information content (AvgIpc) is 3.96. The second-order valence-corrected chi connectivity index (χ2v) is 14.8. The van der Waals surface area contributed by atoms with E-state index in [0.29, 0.717) is 0 Å². The Labute approximate surface area is 310 Å². The van der Waals surface area contributed by atoms with Crippen LogP contribution >= 0.6 is 0 Å². The lowest BCUT2D eigenvalue weighted by Crippen LogP contribution is -2.33. The van der Waals surface area contributed by atoms with E-state index >= 15 is 0 Å². The maximum absolute atomic E-state index is 4.02. The van der Waals surface area contributed by atoms with Gasteiger partial charge in [-0.15, -0.1) is 0 Å². The first kappa shape index (κ1) is 35.3. The molecule has 13 heteroatoms. The summed E-state index contributed by atoms with van der Waals surface area (Å²) in [5, 5.41) is 0. The lowest BCUT2D eigenvalue weighted by molar-refractivity contribution is -0.884. The van der Waals surface area contributed by atoms with Gasteiger partial charge < -0.3 is 33.6 Å². The molecule has 53 heavy (non-hydrogen) atoms. The van der Waals surface area contributed by atoms with E-state index in [1.807, 2.05) is 34.2 Å². The molecule has 0 fully saturated rings. The molecular weight excluding hydrogens is 663 g/mol. The predicted molar refractivity (Wildman–Crippen MR) is 203 cm³/mol. The van der Waals surface area contributed by atoms with Crippen LogP contribution in [0.1, 0.15) is 52.5 Å². The van der Waals surface area contributed by atoms with E-state index in [-0.39, 0.29) is 0 Å². The van der Waals surface area contributed by atoms with Gasteiger partial charge in [0.05, 0.1) is 75.4 Å². The van der Waals surface area contributed by atoms with E-state index in [0.717, 1.165) is 56.7 Å². The molecule has 8 bridgehead atoms. The van der Waals surface area contributed by atoms with Crippen molar-refractivity contribution in [1.82, 2.24) is 48.2 Å². The molecule has 8 aromatic rings. The Hall–Kier alpha value is -6.08. The third-order valence-electron chi connectivity index (χ3n) is 8.98. The second kappa shape index (κ2) is 16.1. The molecule has 0 saturated carbocycles. The Morgan fingerprint density at radius 2 is 1.06 bits per heavy atom. The van der Waals surface area contributed by atoms with Crippen LogP contribution in [0.3, 0.4) is 0 Å². The van der Waals surface area contributed by atoms with Gasteiger partial charge in [0.2, 0.25) is 12.7 Å². The quantitative estimate of drug-likeness (QED) is 0.146. The Bertz CT molecular complexity index is 1980. The Morgan fingerprint density at radius 1 is 0.585 bits per heavy atom. The van der Waals surface area contributed by atoms with Crippen molar-refractivity contribution in [2.45, 2.75) is 59.2 Å². The Morgan fingerprint density at radius 3 is 1.53 bits per heavy atom. The fourth-order valence-electron chi connectivity index (χ4n) is 6.52. The molecule has 0 atom stereocenters. The largest absolute Gasteiger partial charge is 0.359 e.